The lowest BCUT2D eigenvalue weighted by molar-refractivity contribution is -0.118. The molecule has 1 amide bonds. The van der Waals surface area contributed by atoms with Crippen LogP contribution in [0.4, 0.5) is 5.69 Å². The van der Waals surface area contributed by atoms with Crippen LogP contribution in [0.1, 0.15) is 24.0 Å². The van der Waals surface area contributed by atoms with Crippen LogP contribution in [0.2, 0.25) is 0 Å². The molecule has 0 saturated heterocycles. The summed E-state index contributed by atoms with van der Waals surface area (Å²) in [6, 6.07) is 5.64. The minimum absolute atomic E-state index is 0.0257. The highest BCUT2D eigenvalue weighted by Gasteiger charge is 2.31. The normalized spacial score (nSPS) is 20.1. The maximum Gasteiger partial charge on any atom is 0.234 e. The van der Waals surface area contributed by atoms with Crippen molar-refractivity contribution < 1.29 is 9.90 Å². The summed E-state index contributed by atoms with van der Waals surface area (Å²) in [5, 5.41) is 8.99. The molecule has 74 valence electrons. The first-order valence-corrected chi connectivity index (χ1v) is 4.66. The molecule has 1 unspecified atom stereocenters. The van der Waals surface area contributed by atoms with Gasteiger partial charge in [-0.2, -0.15) is 0 Å². The lowest BCUT2D eigenvalue weighted by Crippen LogP contribution is -2.22. The van der Waals surface area contributed by atoms with Crippen LogP contribution in [0.15, 0.2) is 18.2 Å². The number of fused-ring (bicyclic) bond motifs is 1. The highest BCUT2D eigenvalue weighted by molar-refractivity contribution is 6.04. The number of carbonyl (C=O) groups excluding carboxylic acids is 1. The molecule has 0 saturated carbocycles. The predicted molar refractivity (Wildman–Crippen MR) is 54.2 cm³/mol. The van der Waals surface area contributed by atoms with Crippen LogP contribution in [-0.2, 0) is 11.4 Å². The van der Waals surface area contributed by atoms with E-state index in [0.717, 1.165) is 16.8 Å². The molecule has 0 radical (unpaired) electrons. The lowest BCUT2D eigenvalue weighted by atomic mass is 10.0. The second-order valence-corrected chi connectivity index (χ2v) is 3.67. The third-order valence-corrected chi connectivity index (χ3v) is 2.80. The van der Waals surface area contributed by atoms with Gasteiger partial charge in [0.15, 0.2) is 0 Å². The van der Waals surface area contributed by atoms with Gasteiger partial charge in [0, 0.05) is 12.7 Å². The Kier molecular flexibility index (Phi) is 2.04. The van der Waals surface area contributed by atoms with E-state index in [0.29, 0.717) is 0 Å². The van der Waals surface area contributed by atoms with Crippen molar-refractivity contribution >= 4 is 11.6 Å². The third kappa shape index (κ3) is 1.13. The number of anilines is 1. The molecule has 0 fully saturated rings. The zero-order chi connectivity index (χ0) is 10.3. The molecule has 0 aliphatic carbocycles. The Morgan fingerprint density at radius 3 is 2.86 bits per heavy atom. The minimum Gasteiger partial charge on any atom is -0.392 e. The van der Waals surface area contributed by atoms with Crippen LogP contribution in [0, 0.1) is 0 Å². The van der Waals surface area contributed by atoms with Crippen molar-refractivity contribution in [1.82, 2.24) is 0 Å². The Bertz CT molecular complexity index is 387. The average molecular weight is 191 g/mol. The standard InChI is InChI=1S/C11H13NO2/c1-7-9-5-8(6-13)3-4-10(9)12(2)11(7)14/h3-5,7,13H,6H2,1-2H3. The second-order valence-electron chi connectivity index (χ2n) is 3.67. The van der Waals surface area contributed by atoms with Crippen molar-refractivity contribution in [2.24, 2.45) is 0 Å². The van der Waals surface area contributed by atoms with Gasteiger partial charge in [-0.25, -0.2) is 0 Å². The molecule has 3 heteroatoms. The molecular weight excluding hydrogens is 178 g/mol. The number of aliphatic hydroxyl groups is 1. The van der Waals surface area contributed by atoms with E-state index in [1.807, 2.05) is 25.1 Å². The van der Waals surface area contributed by atoms with Gasteiger partial charge >= 0.3 is 0 Å². The van der Waals surface area contributed by atoms with Gasteiger partial charge in [-0.15, -0.1) is 0 Å². The summed E-state index contributed by atoms with van der Waals surface area (Å²) in [5.41, 5.74) is 2.84. The number of nitrogens with zero attached hydrogens (tertiary/aromatic N) is 1. The summed E-state index contributed by atoms with van der Waals surface area (Å²) >= 11 is 0. The van der Waals surface area contributed by atoms with Crippen molar-refractivity contribution in [2.45, 2.75) is 19.4 Å². The topological polar surface area (TPSA) is 40.5 Å². The fourth-order valence-electron chi connectivity index (χ4n) is 1.90. The molecule has 14 heavy (non-hydrogen) atoms. The number of benzene rings is 1. The third-order valence-electron chi connectivity index (χ3n) is 2.80. The number of carbonyl (C=O) groups is 1. The predicted octanol–water partition coefficient (Wildman–Crippen LogP) is 1.26. The van der Waals surface area contributed by atoms with Crippen LogP contribution >= 0.6 is 0 Å². The Morgan fingerprint density at radius 2 is 2.21 bits per heavy atom. The fourth-order valence-corrected chi connectivity index (χ4v) is 1.90. The Hall–Kier alpha value is -1.35. The Balaban J connectivity index is 2.53. The Morgan fingerprint density at radius 1 is 1.50 bits per heavy atom. The molecule has 2 rings (SSSR count). The van der Waals surface area contributed by atoms with Crippen molar-refractivity contribution in [1.29, 1.82) is 0 Å². The number of likely N-dealkylation sites (N-methyl/N-ethyl adjacent to an activating group) is 1. The number of rotatable bonds is 1. The monoisotopic (exact) mass is 191 g/mol. The molecule has 1 atom stereocenters. The van der Waals surface area contributed by atoms with Crippen molar-refractivity contribution in [3.05, 3.63) is 29.3 Å². The van der Waals surface area contributed by atoms with Gasteiger partial charge in [-0.3, -0.25) is 4.79 Å². The van der Waals surface area contributed by atoms with Gasteiger partial charge in [-0.05, 0) is 24.1 Å². The van der Waals surface area contributed by atoms with Crippen molar-refractivity contribution in [3.63, 3.8) is 0 Å². The van der Waals surface area contributed by atoms with E-state index in [1.165, 1.54) is 0 Å². The molecule has 0 aromatic heterocycles. The fraction of sp³-hybridized carbons (Fsp3) is 0.364. The van der Waals surface area contributed by atoms with E-state index in [-0.39, 0.29) is 18.4 Å². The van der Waals surface area contributed by atoms with Crippen LogP contribution < -0.4 is 4.90 Å². The molecule has 1 aliphatic heterocycles. The largest absolute Gasteiger partial charge is 0.392 e. The molecule has 1 aromatic carbocycles. The molecule has 3 nitrogen and oxygen atoms in total. The SMILES string of the molecule is CC1C(=O)N(C)c2ccc(CO)cc21. The Labute approximate surface area is 83.0 Å². The minimum atomic E-state index is -0.0819. The molecule has 1 heterocycles. The second kappa shape index (κ2) is 3.10. The van der Waals surface area contributed by atoms with E-state index >= 15 is 0 Å². The van der Waals surface area contributed by atoms with E-state index in [2.05, 4.69) is 0 Å². The molecule has 1 N–H and O–H groups in total. The number of hydrogen-bond donors (Lipinski definition) is 1. The van der Waals surface area contributed by atoms with Crippen molar-refractivity contribution in [3.8, 4) is 0 Å². The van der Waals surface area contributed by atoms with E-state index in [1.54, 1.807) is 11.9 Å². The van der Waals surface area contributed by atoms with E-state index in [9.17, 15) is 4.79 Å². The number of aliphatic hydroxyl groups excluding tert-OH is 1. The van der Waals surface area contributed by atoms with Gasteiger partial charge in [0.1, 0.15) is 0 Å². The smallest absolute Gasteiger partial charge is 0.234 e. The van der Waals surface area contributed by atoms with Gasteiger partial charge in [0.05, 0.1) is 12.5 Å². The first-order chi connectivity index (χ1) is 6.65. The van der Waals surface area contributed by atoms with Crippen molar-refractivity contribution in [2.75, 3.05) is 11.9 Å². The first-order valence-electron chi connectivity index (χ1n) is 4.66. The highest BCUT2D eigenvalue weighted by Crippen LogP contribution is 2.36. The van der Waals surface area contributed by atoms with Crippen LogP contribution in [0.5, 0.6) is 0 Å². The van der Waals surface area contributed by atoms with Crippen LogP contribution in [0.3, 0.4) is 0 Å². The summed E-state index contributed by atoms with van der Waals surface area (Å²) in [6.07, 6.45) is 0. The van der Waals surface area contributed by atoms with Crippen LogP contribution in [0.25, 0.3) is 0 Å². The van der Waals surface area contributed by atoms with Gasteiger partial charge in [0.25, 0.3) is 0 Å². The molecule has 0 spiro atoms. The molecule has 1 aromatic rings. The van der Waals surface area contributed by atoms with Gasteiger partial charge in [0.2, 0.25) is 5.91 Å². The van der Waals surface area contributed by atoms with Gasteiger partial charge < -0.3 is 10.0 Å². The number of amides is 1. The molecule has 0 bridgehead atoms. The maximum atomic E-state index is 11.6. The zero-order valence-corrected chi connectivity index (χ0v) is 8.32. The molecular formula is C11H13NO2. The lowest BCUT2D eigenvalue weighted by Gasteiger charge is -2.09. The average Bonchev–Trinajstić information content (AvgIpc) is 2.44. The van der Waals surface area contributed by atoms with E-state index < -0.39 is 0 Å². The maximum absolute atomic E-state index is 11.6. The summed E-state index contributed by atoms with van der Waals surface area (Å²) in [7, 11) is 1.78. The first kappa shape index (κ1) is 9.21. The van der Waals surface area contributed by atoms with Gasteiger partial charge in [-0.1, -0.05) is 12.1 Å². The van der Waals surface area contributed by atoms with Crippen LogP contribution in [-0.4, -0.2) is 18.1 Å². The van der Waals surface area contributed by atoms with E-state index in [4.69, 9.17) is 5.11 Å². The summed E-state index contributed by atoms with van der Waals surface area (Å²) in [6.45, 7) is 1.92. The summed E-state index contributed by atoms with van der Waals surface area (Å²) < 4.78 is 0. The summed E-state index contributed by atoms with van der Waals surface area (Å²) in [4.78, 5) is 13.3. The highest BCUT2D eigenvalue weighted by atomic mass is 16.3. The quantitative estimate of drug-likeness (QED) is 0.726. The molecule has 1 aliphatic rings. The number of hydrogen-bond acceptors (Lipinski definition) is 2. The zero-order valence-electron chi connectivity index (χ0n) is 8.32. The summed E-state index contributed by atoms with van der Waals surface area (Å²) in [5.74, 6) is 0.0385.